The number of amides is 1. The molecule has 0 bridgehead atoms. The molecule has 1 unspecified atom stereocenters. The Balaban J connectivity index is 2.02. The first-order valence-electron chi connectivity index (χ1n) is 6.68. The number of H-pyrrole nitrogens is 1. The molecule has 6 nitrogen and oxygen atoms in total. The fourth-order valence-electron chi connectivity index (χ4n) is 2.19. The maximum Gasteiger partial charge on any atom is 0.326 e. The van der Waals surface area contributed by atoms with Crippen LogP contribution in [0, 0.1) is 0 Å². The molecule has 3 N–H and O–H groups in total. The van der Waals surface area contributed by atoms with Gasteiger partial charge in [0.1, 0.15) is 6.04 Å². The molecular weight excluding hydrogens is 272 g/mol. The number of carbonyl (C=O) groups excluding carboxylic acids is 1. The minimum absolute atomic E-state index is 0.140. The second kappa shape index (κ2) is 6.90. The smallest absolute Gasteiger partial charge is 0.326 e. The predicted octanol–water partition coefficient (Wildman–Crippen LogP) is 1.32. The maximum atomic E-state index is 12.0. The Morgan fingerprint density at radius 2 is 2.14 bits per heavy atom. The first-order chi connectivity index (χ1) is 10.1. The molecule has 112 valence electrons. The molecule has 0 fully saturated rings. The van der Waals surface area contributed by atoms with E-state index in [4.69, 9.17) is 9.84 Å². The number of methoxy groups -OCH3 is 1. The van der Waals surface area contributed by atoms with E-state index in [1.807, 2.05) is 24.3 Å². The van der Waals surface area contributed by atoms with Crippen LogP contribution in [0.1, 0.15) is 12.0 Å². The van der Waals surface area contributed by atoms with E-state index in [0.29, 0.717) is 0 Å². The van der Waals surface area contributed by atoms with E-state index in [2.05, 4.69) is 10.3 Å². The minimum Gasteiger partial charge on any atom is -0.480 e. The first-order valence-corrected chi connectivity index (χ1v) is 6.68. The molecule has 1 aromatic heterocycles. The molecule has 6 heteroatoms. The number of para-hydroxylation sites is 1. The molecular formula is C15H18N2O4. The maximum absolute atomic E-state index is 12.0. The quantitative estimate of drug-likeness (QED) is 0.717. The zero-order valence-corrected chi connectivity index (χ0v) is 11.8. The van der Waals surface area contributed by atoms with Crippen molar-refractivity contribution >= 4 is 22.8 Å². The fourth-order valence-corrected chi connectivity index (χ4v) is 2.19. The summed E-state index contributed by atoms with van der Waals surface area (Å²) in [5.41, 5.74) is 1.80. The number of ether oxygens (including phenoxy) is 1. The number of nitrogens with one attached hydrogen (secondary N) is 2. The van der Waals surface area contributed by atoms with Crippen LogP contribution >= 0.6 is 0 Å². The number of hydrogen-bond acceptors (Lipinski definition) is 3. The van der Waals surface area contributed by atoms with Crippen LogP contribution in [0.2, 0.25) is 0 Å². The van der Waals surface area contributed by atoms with Gasteiger partial charge in [-0.15, -0.1) is 0 Å². The SMILES string of the molecule is COCCC(NC(=O)Cc1c[nH]c2ccccc12)C(=O)O. The molecule has 1 aromatic carbocycles. The number of hydrogen-bond donors (Lipinski definition) is 3. The third kappa shape index (κ3) is 3.82. The van der Waals surface area contributed by atoms with E-state index in [1.54, 1.807) is 6.20 Å². The number of aromatic nitrogens is 1. The zero-order chi connectivity index (χ0) is 15.2. The van der Waals surface area contributed by atoms with E-state index in [9.17, 15) is 9.59 Å². The van der Waals surface area contributed by atoms with Gasteiger partial charge < -0.3 is 20.1 Å². The molecule has 2 aromatic rings. The van der Waals surface area contributed by atoms with Crippen molar-refractivity contribution in [2.75, 3.05) is 13.7 Å². The number of rotatable bonds is 7. The summed E-state index contributed by atoms with van der Waals surface area (Å²) in [6.07, 6.45) is 2.15. The standard InChI is InChI=1S/C15H18N2O4/c1-21-7-6-13(15(19)20)17-14(18)8-10-9-16-12-5-3-2-4-11(10)12/h2-5,9,13,16H,6-8H2,1H3,(H,17,18)(H,19,20). The van der Waals surface area contributed by atoms with Gasteiger partial charge >= 0.3 is 5.97 Å². The molecule has 1 amide bonds. The van der Waals surface area contributed by atoms with Gasteiger partial charge in [0.15, 0.2) is 0 Å². The van der Waals surface area contributed by atoms with Gasteiger partial charge in [-0.05, 0) is 11.6 Å². The van der Waals surface area contributed by atoms with Crippen LogP contribution in [0.3, 0.4) is 0 Å². The zero-order valence-electron chi connectivity index (χ0n) is 11.8. The molecule has 0 spiro atoms. The van der Waals surface area contributed by atoms with Crippen molar-refractivity contribution in [3.63, 3.8) is 0 Å². The lowest BCUT2D eigenvalue weighted by molar-refractivity contribution is -0.142. The molecule has 0 aliphatic rings. The molecule has 0 saturated carbocycles. The number of benzene rings is 1. The molecule has 0 saturated heterocycles. The van der Waals surface area contributed by atoms with E-state index in [1.165, 1.54) is 7.11 Å². The summed E-state index contributed by atoms with van der Waals surface area (Å²) in [5, 5.41) is 12.6. The summed E-state index contributed by atoms with van der Waals surface area (Å²) in [5.74, 6) is -1.37. The molecule has 1 atom stereocenters. The van der Waals surface area contributed by atoms with Crippen LogP contribution in [-0.2, 0) is 20.7 Å². The fraction of sp³-hybridized carbons (Fsp3) is 0.333. The van der Waals surface area contributed by atoms with Crippen molar-refractivity contribution in [3.8, 4) is 0 Å². The van der Waals surface area contributed by atoms with Crippen LogP contribution in [0.25, 0.3) is 10.9 Å². The molecule has 1 heterocycles. The molecule has 0 radical (unpaired) electrons. The minimum atomic E-state index is -1.06. The van der Waals surface area contributed by atoms with Gasteiger partial charge in [-0.3, -0.25) is 4.79 Å². The van der Waals surface area contributed by atoms with Gasteiger partial charge in [0, 0.05) is 37.2 Å². The van der Waals surface area contributed by atoms with Crippen LogP contribution in [0.15, 0.2) is 30.5 Å². The number of fused-ring (bicyclic) bond motifs is 1. The van der Waals surface area contributed by atoms with Gasteiger partial charge in [-0.1, -0.05) is 18.2 Å². The van der Waals surface area contributed by atoms with Gasteiger partial charge in [0.25, 0.3) is 0 Å². The second-order valence-corrected chi connectivity index (χ2v) is 4.78. The largest absolute Gasteiger partial charge is 0.480 e. The predicted molar refractivity (Wildman–Crippen MR) is 78.1 cm³/mol. The summed E-state index contributed by atoms with van der Waals surface area (Å²) in [7, 11) is 1.49. The molecule has 21 heavy (non-hydrogen) atoms. The Labute approximate surface area is 122 Å². The van der Waals surface area contributed by atoms with Crippen LogP contribution in [0.4, 0.5) is 0 Å². The number of aliphatic carboxylic acids is 1. The number of carboxylic acids is 1. The highest BCUT2D eigenvalue weighted by Gasteiger charge is 2.20. The van der Waals surface area contributed by atoms with E-state index in [0.717, 1.165) is 16.5 Å². The Kier molecular flexibility index (Phi) is 4.94. The van der Waals surface area contributed by atoms with Gasteiger partial charge in [0.2, 0.25) is 5.91 Å². The van der Waals surface area contributed by atoms with Crippen molar-refractivity contribution in [2.24, 2.45) is 0 Å². The summed E-state index contributed by atoms with van der Waals surface area (Å²) >= 11 is 0. The monoisotopic (exact) mass is 290 g/mol. The summed E-state index contributed by atoms with van der Waals surface area (Å²) in [4.78, 5) is 26.2. The Morgan fingerprint density at radius 3 is 2.86 bits per heavy atom. The third-order valence-corrected chi connectivity index (χ3v) is 3.27. The number of carboxylic acid groups (broad SMARTS) is 1. The van der Waals surface area contributed by atoms with Gasteiger partial charge in [-0.25, -0.2) is 4.79 Å². The topological polar surface area (TPSA) is 91.4 Å². The van der Waals surface area contributed by atoms with Crippen molar-refractivity contribution in [1.82, 2.24) is 10.3 Å². The van der Waals surface area contributed by atoms with E-state index < -0.39 is 12.0 Å². The lowest BCUT2D eigenvalue weighted by Gasteiger charge is -2.13. The molecule has 0 aliphatic heterocycles. The van der Waals surface area contributed by atoms with Gasteiger partial charge in [0.05, 0.1) is 6.42 Å². The lowest BCUT2D eigenvalue weighted by atomic mass is 10.1. The second-order valence-electron chi connectivity index (χ2n) is 4.78. The average molecular weight is 290 g/mol. The molecule has 2 rings (SSSR count). The van der Waals surface area contributed by atoms with E-state index >= 15 is 0 Å². The third-order valence-electron chi connectivity index (χ3n) is 3.27. The van der Waals surface area contributed by atoms with Crippen molar-refractivity contribution in [1.29, 1.82) is 0 Å². The van der Waals surface area contributed by atoms with Crippen molar-refractivity contribution < 1.29 is 19.4 Å². The highest BCUT2D eigenvalue weighted by molar-refractivity contribution is 5.90. The van der Waals surface area contributed by atoms with Crippen molar-refractivity contribution in [3.05, 3.63) is 36.0 Å². The van der Waals surface area contributed by atoms with Crippen LogP contribution in [-0.4, -0.2) is 41.7 Å². The normalized spacial score (nSPS) is 12.2. The summed E-state index contributed by atoms with van der Waals surface area (Å²) < 4.78 is 4.85. The Morgan fingerprint density at radius 1 is 1.38 bits per heavy atom. The summed E-state index contributed by atoms with van der Waals surface area (Å²) in [6.45, 7) is 0.282. The van der Waals surface area contributed by atoms with Crippen LogP contribution in [0.5, 0.6) is 0 Å². The van der Waals surface area contributed by atoms with Gasteiger partial charge in [-0.2, -0.15) is 0 Å². The summed E-state index contributed by atoms with van der Waals surface area (Å²) in [6, 6.07) is 6.73. The number of aromatic amines is 1. The molecule has 0 aliphatic carbocycles. The van der Waals surface area contributed by atoms with Crippen molar-refractivity contribution in [2.45, 2.75) is 18.9 Å². The average Bonchev–Trinajstić information content (AvgIpc) is 2.86. The Bertz CT molecular complexity index is 635. The lowest BCUT2D eigenvalue weighted by Crippen LogP contribution is -2.42. The highest BCUT2D eigenvalue weighted by Crippen LogP contribution is 2.18. The van der Waals surface area contributed by atoms with E-state index in [-0.39, 0.29) is 25.4 Å². The van der Waals surface area contributed by atoms with Crippen LogP contribution < -0.4 is 5.32 Å². The first kappa shape index (κ1) is 15.1. The number of carbonyl (C=O) groups is 2. The Hall–Kier alpha value is -2.34. The highest BCUT2D eigenvalue weighted by atomic mass is 16.5.